The molecular formula is C17H26N2O2. The van der Waals surface area contributed by atoms with Crippen molar-refractivity contribution in [3.05, 3.63) is 35.9 Å². The molecule has 1 aromatic carbocycles. The lowest BCUT2D eigenvalue weighted by Gasteiger charge is -2.30. The number of carbonyl (C=O) groups excluding carboxylic acids is 1. The SMILES string of the molecule is CCCC(NC(=O)CN1CCCC(O)C1)c1ccccc1. The molecule has 1 heterocycles. The molecule has 4 nitrogen and oxygen atoms in total. The van der Waals surface area contributed by atoms with Gasteiger partial charge in [-0.2, -0.15) is 0 Å². The van der Waals surface area contributed by atoms with Crippen molar-refractivity contribution in [2.24, 2.45) is 0 Å². The number of aliphatic hydroxyl groups is 1. The van der Waals surface area contributed by atoms with E-state index in [1.165, 1.54) is 0 Å². The number of likely N-dealkylation sites (tertiary alicyclic amines) is 1. The number of hydrogen-bond donors (Lipinski definition) is 2. The first kappa shape index (κ1) is 16.0. The van der Waals surface area contributed by atoms with Crippen molar-refractivity contribution in [2.45, 2.75) is 44.8 Å². The van der Waals surface area contributed by atoms with E-state index in [0.717, 1.165) is 37.8 Å². The molecule has 116 valence electrons. The maximum absolute atomic E-state index is 12.2. The van der Waals surface area contributed by atoms with Gasteiger partial charge in [0.15, 0.2) is 0 Å². The van der Waals surface area contributed by atoms with Crippen LogP contribution >= 0.6 is 0 Å². The van der Waals surface area contributed by atoms with Crippen LogP contribution in [0.25, 0.3) is 0 Å². The van der Waals surface area contributed by atoms with Crippen LogP contribution in [0.15, 0.2) is 30.3 Å². The number of β-amino-alcohol motifs (C(OH)–C–C–N with tert-alkyl or cyclic N) is 1. The molecule has 1 aliphatic rings. The Morgan fingerprint density at radius 1 is 1.43 bits per heavy atom. The van der Waals surface area contributed by atoms with E-state index in [4.69, 9.17) is 0 Å². The Hall–Kier alpha value is -1.39. The second-order valence-electron chi connectivity index (χ2n) is 5.85. The molecule has 2 unspecified atom stereocenters. The van der Waals surface area contributed by atoms with Crippen LogP contribution in [0.5, 0.6) is 0 Å². The fourth-order valence-corrected chi connectivity index (χ4v) is 2.91. The number of nitrogens with one attached hydrogen (secondary N) is 1. The highest BCUT2D eigenvalue weighted by Crippen LogP contribution is 2.18. The largest absolute Gasteiger partial charge is 0.392 e. The Bertz CT molecular complexity index is 436. The highest BCUT2D eigenvalue weighted by molar-refractivity contribution is 5.78. The summed E-state index contributed by atoms with van der Waals surface area (Å²) in [5.41, 5.74) is 1.16. The molecule has 0 saturated carbocycles. The van der Waals surface area contributed by atoms with E-state index in [0.29, 0.717) is 13.1 Å². The molecule has 1 aromatic rings. The molecule has 1 amide bonds. The van der Waals surface area contributed by atoms with Crippen molar-refractivity contribution < 1.29 is 9.90 Å². The van der Waals surface area contributed by atoms with Gasteiger partial charge in [0.05, 0.1) is 18.7 Å². The molecule has 21 heavy (non-hydrogen) atoms. The zero-order chi connectivity index (χ0) is 15.1. The van der Waals surface area contributed by atoms with Gasteiger partial charge in [-0.05, 0) is 31.4 Å². The lowest BCUT2D eigenvalue weighted by atomic mass is 10.0. The maximum Gasteiger partial charge on any atom is 0.234 e. The number of rotatable bonds is 6. The minimum Gasteiger partial charge on any atom is -0.392 e. The van der Waals surface area contributed by atoms with Crippen LogP contribution < -0.4 is 5.32 Å². The van der Waals surface area contributed by atoms with E-state index in [1.807, 2.05) is 23.1 Å². The summed E-state index contributed by atoms with van der Waals surface area (Å²) < 4.78 is 0. The number of benzene rings is 1. The Balaban J connectivity index is 1.89. The normalized spacial score (nSPS) is 21.0. The second-order valence-corrected chi connectivity index (χ2v) is 5.85. The molecule has 1 saturated heterocycles. The van der Waals surface area contributed by atoms with E-state index in [-0.39, 0.29) is 18.1 Å². The molecule has 2 atom stereocenters. The monoisotopic (exact) mass is 290 g/mol. The highest BCUT2D eigenvalue weighted by atomic mass is 16.3. The zero-order valence-corrected chi connectivity index (χ0v) is 12.8. The lowest BCUT2D eigenvalue weighted by molar-refractivity contribution is -0.123. The smallest absolute Gasteiger partial charge is 0.234 e. The van der Waals surface area contributed by atoms with Crippen molar-refractivity contribution in [1.29, 1.82) is 0 Å². The van der Waals surface area contributed by atoms with E-state index in [9.17, 15) is 9.90 Å². The van der Waals surface area contributed by atoms with Gasteiger partial charge in [0, 0.05) is 6.54 Å². The van der Waals surface area contributed by atoms with Crippen LogP contribution in [0.3, 0.4) is 0 Å². The maximum atomic E-state index is 12.2. The Morgan fingerprint density at radius 3 is 2.86 bits per heavy atom. The molecule has 4 heteroatoms. The van der Waals surface area contributed by atoms with Crippen molar-refractivity contribution in [3.8, 4) is 0 Å². The van der Waals surface area contributed by atoms with Crippen LogP contribution in [-0.2, 0) is 4.79 Å². The summed E-state index contributed by atoms with van der Waals surface area (Å²) in [7, 11) is 0. The quantitative estimate of drug-likeness (QED) is 0.843. The Labute approximate surface area is 127 Å². The van der Waals surface area contributed by atoms with Crippen molar-refractivity contribution in [3.63, 3.8) is 0 Å². The third-order valence-electron chi connectivity index (χ3n) is 3.96. The van der Waals surface area contributed by atoms with Crippen molar-refractivity contribution >= 4 is 5.91 Å². The number of hydrogen-bond acceptors (Lipinski definition) is 3. The minimum absolute atomic E-state index is 0.0476. The van der Waals surface area contributed by atoms with Gasteiger partial charge in [0.25, 0.3) is 0 Å². The summed E-state index contributed by atoms with van der Waals surface area (Å²) in [6.07, 6.45) is 3.50. The molecule has 0 aliphatic carbocycles. The fourth-order valence-electron chi connectivity index (χ4n) is 2.91. The number of carbonyl (C=O) groups is 1. The van der Waals surface area contributed by atoms with Crippen LogP contribution in [0.4, 0.5) is 0 Å². The summed E-state index contributed by atoms with van der Waals surface area (Å²) >= 11 is 0. The van der Waals surface area contributed by atoms with Crippen LogP contribution in [0, 0.1) is 0 Å². The van der Waals surface area contributed by atoms with E-state index < -0.39 is 0 Å². The van der Waals surface area contributed by atoms with Gasteiger partial charge < -0.3 is 10.4 Å². The zero-order valence-electron chi connectivity index (χ0n) is 12.8. The van der Waals surface area contributed by atoms with Gasteiger partial charge >= 0.3 is 0 Å². The molecular weight excluding hydrogens is 264 g/mol. The predicted molar refractivity (Wildman–Crippen MR) is 83.9 cm³/mol. The van der Waals surface area contributed by atoms with Gasteiger partial charge in [0.1, 0.15) is 0 Å². The summed E-state index contributed by atoms with van der Waals surface area (Å²) in [4.78, 5) is 14.3. The molecule has 0 aromatic heterocycles. The Kier molecular flexibility index (Phi) is 6.21. The topological polar surface area (TPSA) is 52.6 Å². The van der Waals surface area contributed by atoms with Crippen LogP contribution in [-0.4, -0.2) is 41.7 Å². The third-order valence-corrected chi connectivity index (χ3v) is 3.96. The number of aliphatic hydroxyl groups excluding tert-OH is 1. The average molecular weight is 290 g/mol. The van der Waals surface area contributed by atoms with E-state index in [2.05, 4.69) is 24.4 Å². The van der Waals surface area contributed by atoms with E-state index >= 15 is 0 Å². The second kappa shape index (κ2) is 8.15. The van der Waals surface area contributed by atoms with Crippen LogP contribution in [0.2, 0.25) is 0 Å². The first-order valence-electron chi connectivity index (χ1n) is 7.93. The number of piperidine rings is 1. The van der Waals surface area contributed by atoms with Gasteiger partial charge in [-0.15, -0.1) is 0 Å². The molecule has 2 rings (SSSR count). The van der Waals surface area contributed by atoms with Gasteiger partial charge in [0.2, 0.25) is 5.91 Å². The summed E-state index contributed by atoms with van der Waals surface area (Å²) in [5.74, 6) is 0.0476. The first-order chi connectivity index (χ1) is 10.2. The lowest BCUT2D eigenvalue weighted by Crippen LogP contribution is -2.44. The van der Waals surface area contributed by atoms with Gasteiger partial charge in [-0.25, -0.2) is 0 Å². The molecule has 0 spiro atoms. The fraction of sp³-hybridized carbons (Fsp3) is 0.588. The molecule has 0 bridgehead atoms. The summed E-state index contributed by atoms with van der Waals surface area (Å²) in [5, 5.41) is 12.8. The standard InChI is InChI=1S/C17H26N2O2/c1-2-7-16(14-8-4-3-5-9-14)18-17(21)13-19-11-6-10-15(20)12-19/h3-5,8-9,15-16,20H,2,6-7,10-13H2,1H3,(H,18,21). The van der Waals surface area contributed by atoms with Gasteiger partial charge in [-0.1, -0.05) is 43.7 Å². The average Bonchev–Trinajstić information content (AvgIpc) is 2.47. The van der Waals surface area contributed by atoms with E-state index in [1.54, 1.807) is 0 Å². The summed E-state index contributed by atoms with van der Waals surface area (Å²) in [6, 6.07) is 10.2. The highest BCUT2D eigenvalue weighted by Gasteiger charge is 2.21. The molecule has 2 N–H and O–H groups in total. The van der Waals surface area contributed by atoms with Crippen molar-refractivity contribution in [2.75, 3.05) is 19.6 Å². The predicted octanol–water partition coefficient (Wildman–Crippen LogP) is 2.10. The van der Waals surface area contributed by atoms with Crippen molar-refractivity contribution in [1.82, 2.24) is 10.2 Å². The summed E-state index contributed by atoms with van der Waals surface area (Å²) in [6.45, 7) is 4.01. The Morgan fingerprint density at radius 2 is 2.19 bits per heavy atom. The minimum atomic E-state index is -0.285. The van der Waals surface area contributed by atoms with Crippen LogP contribution in [0.1, 0.15) is 44.2 Å². The molecule has 1 aliphatic heterocycles. The third kappa shape index (κ3) is 5.14. The number of amides is 1. The van der Waals surface area contributed by atoms with Gasteiger partial charge in [-0.3, -0.25) is 9.69 Å². The molecule has 0 radical (unpaired) electrons. The first-order valence-corrected chi connectivity index (χ1v) is 7.93. The molecule has 1 fully saturated rings. The number of nitrogens with zero attached hydrogens (tertiary/aromatic N) is 1.